The van der Waals surface area contributed by atoms with Gasteiger partial charge in [0.15, 0.2) is 0 Å². The van der Waals surface area contributed by atoms with Gasteiger partial charge in [0.25, 0.3) is 0 Å². The number of carbonyl (C=O) groups is 1. The standard InChI is InChI=1S/C12H23N3O/c1-15(9-10-4-3-7-13-8-10)12(16)14-11-5-2-6-11/h10-11,13H,2-9H2,1H3,(H,14,16). The van der Waals surface area contributed by atoms with Crippen LogP contribution in [-0.4, -0.2) is 43.7 Å². The van der Waals surface area contributed by atoms with E-state index >= 15 is 0 Å². The molecule has 0 aromatic rings. The lowest BCUT2D eigenvalue weighted by atomic mass is 9.93. The van der Waals surface area contributed by atoms with Gasteiger partial charge in [0.1, 0.15) is 0 Å². The molecule has 1 saturated heterocycles. The van der Waals surface area contributed by atoms with Crippen molar-refractivity contribution in [3.05, 3.63) is 0 Å². The van der Waals surface area contributed by atoms with Gasteiger partial charge in [0.2, 0.25) is 0 Å². The molecule has 2 amide bonds. The minimum Gasteiger partial charge on any atom is -0.335 e. The number of rotatable bonds is 3. The van der Waals surface area contributed by atoms with Crippen LogP contribution in [0, 0.1) is 5.92 Å². The van der Waals surface area contributed by atoms with E-state index in [4.69, 9.17) is 0 Å². The van der Waals surface area contributed by atoms with Crippen LogP contribution in [0.2, 0.25) is 0 Å². The third-order valence-corrected chi connectivity index (χ3v) is 3.71. The summed E-state index contributed by atoms with van der Waals surface area (Å²) in [6, 6.07) is 0.551. The molecular weight excluding hydrogens is 202 g/mol. The first-order valence-electron chi connectivity index (χ1n) is 6.48. The van der Waals surface area contributed by atoms with Gasteiger partial charge < -0.3 is 15.5 Å². The zero-order valence-corrected chi connectivity index (χ0v) is 10.2. The Morgan fingerprint density at radius 3 is 2.75 bits per heavy atom. The van der Waals surface area contributed by atoms with Gasteiger partial charge >= 0.3 is 6.03 Å². The summed E-state index contributed by atoms with van der Waals surface area (Å²) in [5.41, 5.74) is 0. The molecule has 4 nitrogen and oxygen atoms in total. The molecule has 4 heteroatoms. The molecule has 1 heterocycles. The maximum Gasteiger partial charge on any atom is 0.317 e. The van der Waals surface area contributed by atoms with Gasteiger partial charge in [-0.2, -0.15) is 0 Å². The maximum atomic E-state index is 11.8. The molecule has 2 aliphatic rings. The van der Waals surface area contributed by atoms with Crippen LogP contribution in [0.3, 0.4) is 0 Å². The van der Waals surface area contributed by atoms with Crippen LogP contribution in [0.1, 0.15) is 32.1 Å². The summed E-state index contributed by atoms with van der Waals surface area (Å²) in [5.74, 6) is 0.630. The van der Waals surface area contributed by atoms with E-state index in [9.17, 15) is 4.79 Å². The predicted octanol–water partition coefficient (Wildman–Crippen LogP) is 1.18. The van der Waals surface area contributed by atoms with E-state index < -0.39 is 0 Å². The molecule has 0 spiro atoms. The van der Waals surface area contributed by atoms with Crippen LogP contribution in [0.15, 0.2) is 0 Å². The first kappa shape index (κ1) is 11.7. The van der Waals surface area contributed by atoms with Crippen LogP contribution in [0.5, 0.6) is 0 Å². The molecular formula is C12H23N3O. The molecule has 1 aliphatic carbocycles. The van der Waals surface area contributed by atoms with E-state index in [0.717, 1.165) is 32.5 Å². The number of carbonyl (C=O) groups excluding carboxylic acids is 1. The van der Waals surface area contributed by atoms with E-state index in [1.165, 1.54) is 19.3 Å². The van der Waals surface area contributed by atoms with Crippen molar-refractivity contribution < 1.29 is 4.79 Å². The van der Waals surface area contributed by atoms with Gasteiger partial charge in [-0.3, -0.25) is 0 Å². The highest BCUT2D eigenvalue weighted by Gasteiger charge is 2.23. The molecule has 16 heavy (non-hydrogen) atoms. The fourth-order valence-electron chi connectivity index (χ4n) is 2.39. The summed E-state index contributed by atoms with van der Waals surface area (Å²) in [7, 11) is 1.91. The third-order valence-electron chi connectivity index (χ3n) is 3.71. The lowest BCUT2D eigenvalue weighted by Crippen LogP contribution is -2.48. The number of nitrogens with one attached hydrogen (secondary N) is 2. The Hall–Kier alpha value is -0.770. The van der Waals surface area contributed by atoms with Crippen molar-refractivity contribution in [3.8, 4) is 0 Å². The number of hydrogen-bond donors (Lipinski definition) is 2. The summed E-state index contributed by atoms with van der Waals surface area (Å²) in [6.07, 6.45) is 6.06. The molecule has 2 rings (SSSR count). The molecule has 1 unspecified atom stereocenters. The van der Waals surface area contributed by atoms with Crippen molar-refractivity contribution in [2.75, 3.05) is 26.7 Å². The van der Waals surface area contributed by atoms with E-state index in [1.54, 1.807) is 0 Å². The van der Waals surface area contributed by atoms with Crippen LogP contribution in [0.4, 0.5) is 4.79 Å². The minimum absolute atomic E-state index is 0.107. The zero-order valence-electron chi connectivity index (χ0n) is 10.2. The van der Waals surface area contributed by atoms with Crippen molar-refractivity contribution in [1.82, 2.24) is 15.5 Å². The zero-order chi connectivity index (χ0) is 11.4. The summed E-state index contributed by atoms with van der Waals surface area (Å²) >= 11 is 0. The molecule has 0 aromatic heterocycles. The Bertz CT molecular complexity index is 234. The Balaban J connectivity index is 1.68. The average Bonchev–Trinajstić information content (AvgIpc) is 2.24. The van der Waals surface area contributed by atoms with Gasteiger partial charge in [-0.1, -0.05) is 0 Å². The van der Waals surface area contributed by atoms with Crippen molar-refractivity contribution in [1.29, 1.82) is 0 Å². The summed E-state index contributed by atoms with van der Waals surface area (Å²) < 4.78 is 0. The molecule has 0 radical (unpaired) electrons. The average molecular weight is 225 g/mol. The normalized spacial score (nSPS) is 25.9. The number of piperidine rings is 1. The Morgan fingerprint density at radius 1 is 1.38 bits per heavy atom. The van der Waals surface area contributed by atoms with Crippen LogP contribution < -0.4 is 10.6 Å². The summed E-state index contributed by atoms with van der Waals surface area (Å²) in [4.78, 5) is 13.7. The van der Waals surface area contributed by atoms with Crippen LogP contribution in [-0.2, 0) is 0 Å². The van der Waals surface area contributed by atoms with Crippen molar-refractivity contribution in [2.45, 2.75) is 38.1 Å². The highest BCUT2D eigenvalue weighted by atomic mass is 16.2. The fourth-order valence-corrected chi connectivity index (χ4v) is 2.39. The molecule has 1 saturated carbocycles. The van der Waals surface area contributed by atoms with E-state index in [-0.39, 0.29) is 6.03 Å². The molecule has 2 fully saturated rings. The maximum absolute atomic E-state index is 11.8. The fraction of sp³-hybridized carbons (Fsp3) is 0.917. The largest absolute Gasteiger partial charge is 0.335 e. The van der Waals surface area contributed by atoms with Crippen molar-refractivity contribution in [3.63, 3.8) is 0 Å². The minimum atomic E-state index is 0.107. The van der Waals surface area contributed by atoms with Gasteiger partial charge in [0.05, 0.1) is 0 Å². The van der Waals surface area contributed by atoms with E-state index in [1.807, 2.05) is 11.9 Å². The molecule has 0 bridgehead atoms. The Labute approximate surface area is 97.8 Å². The van der Waals surface area contributed by atoms with E-state index in [2.05, 4.69) is 10.6 Å². The van der Waals surface area contributed by atoms with Crippen LogP contribution >= 0.6 is 0 Å². The van der Waals surface area contributed by atoms with Gasteiger partial charge in [0, 0.05) is 19.6 Å². The first-order valence-corrected chi connectivity index (χ1v) is 6.48. The molecule has 1 atom stereocenters. The smallest absolute Gasteiger partial charge is 0.317 e. The van der Waals surface area contributed by atoms with Crippen LogP contribution in [0.25, 0.3) is 0 Å². The van der Waals surface area contributed by atoms with E-state index in [0.29, 0.717) is 12.0 Å². The highest BCUT2D eigenvalue weighted by molar-refractivity contribution is 5.74. The lowest BCUT2D eigenvalue weighted by Gasteiger charge is -2.31. The quantitative estimate of drug-likeness (QED) is 0.757. The second-order valence-corrected chi connectivity index (χ2v) is 5.17. The SMILES string of the molecule is CN(CC1CCCNC1)C(=O)NC1CCC1. The second kappa shape index (κ2) is 5.53. The number of amides is 2. The number of hydrogen-bond acceptors (Lipinski definition) is 2. The summed E-state index contributed by atoms with van der Waals surface area (Å²) in [6.45, 7) is 3.07. The Morgan fingerprint density at radius 2 is 2.19 bits per heavy atom. The second-order valence-electron chi connectivity index (χ2n) is 5.17. The molecule has 2 N–H and O–H groups in total. The third kappa shape index (κ3) is 3.11. The number of nitrogens with zero attached hydrogens (tertiary/aromatic N) is 1. The highest BCUT2D eigenvalue weighted by Crippen LogP contribution is 2.18. The van der Waals surface area contributed by atoms with Gasteiger partial charge in [-0.05, 0) is 51.1 Å². The van der Waals surface area contributed by atoms with Crippen molar-refractivity contribution in [2.24, 2.45) is 5.92 Å². The van der Waals surface area contributed by atoms with Gasteiger partial charge in [-0.25, -0.2) is 4.79 Å². The first-order chi connectivity index (χ1) is 7.75. The van der Waals surface area contributed by atoms with Gasteiger partial charge in [-0.15, -0.1) is 0 Å². The molecule has 1 aliphatic heterocycles. The van der Waals surface area contributed by atoms with Crippen molar-refractivity contribution >= 4 is 6.03 Å². The predicted molar refractivity (Wildman–Crippen MR) is 64.4 cm³/mol. The molecule has 92 valence electrons. The number of urea groups is 1. The lowest BCUT2D eigenvalue weighted by molar-refractivity contribution is 0.184. The summed E-state index contributed by atoms with van der Waals surface area (Å²) in [5, 5.41) is 6.46. The Kier molecular flexibility index (Phi) is 4.04. The topological polar surface area (TPSA) is 44.4 Å². The molecule has 0 aromatic carbocycles. The monoisotopic (exact) mass is 225 g/mol.